The van der Waals surface area contributed by atoms with Crippen molar-refractivity contribution in [1.29, 1.82) is 0 Å². The number of rotatable bonds is 4. The Kier molecular flexibility index (Phi) is 4.25. The number of phosphoric ester groups is 1. The van der Waals surface area contributed by atoms with Gasteiger partial charge in [-0.1, -0.05) is 0 Å². The van der Waals surface area contributed by atoms with Crippen LogP contribution in [0.5, 0.6) is 0 Å². The highest BCUT2D eigenvalue weighted by Crippen LogP contribution is 2.46. The third-order valence-electron chi connectivity index (χ3n) is 2.24. The lowest BCUT2D eigenvalue weighted by Gasteiger charge is -2.20. The molecule has 0 aliphatic carbocycles. The Balaban J connectivity index is 2.70. The van der Waals surface area contributed by atoms with Gasteiger partial charge in [0.15, 0.2) is 0 Å². The number of ether oxygens (including phenoxy) is 1. The Morgan fingerprint density at radius 3 is 2.60 bits per heavy atom. The molecule has 3 N–H and O–H groups in total. The Hall–Kier alpha value is -0.0100. The first-order valence-corrected chi connectivity index (χ1v) is 5.92. The van der Waals surface area contributed by atoms with Gasteiger partial charge in [0.2, 0.25) is 0 Å². The fourth-order valence-electron chi connectivity index (χ4n) is 1.39. The second-order valence-corrected chi connectivity index (χ2v) is 4.79. The van der Waals surface area contributed by atoms with Crippen LogP contribution in [0.1, 0.15) is 6.92 Å². The van der Waals surface area contributed by atoms with Crippen LogP contribution >= 0.6 is 7.82 Å². The molecule has 0 aromatic rings. The molecule has 1 saturated heterocycles. The number of hydrogen-bond acceptors (Lipinski definition) is 6. The van der Waals surface area contributed by atoms with Crippen LogP contribution < -0.4 is 0 Å². The van der Waals surface area contributed by atoms with Crippen LogP contribution in [0.3, 0.4) is 0 Å². The highest BCUT2D eigenvalue weighted by atomic mass is 31.2. The summed E-state index contributed by atoms with van der Waals surface area (Å²) >= 11 is 0. The molecule has 7 nitrogen and oxygen atoms in total. The zero-order chi connectivity index (χ0) is 11.6. The van der Waals surface area contributed by atoms with Gasteiger partial charge in [-0.05, 0) is 6.92 Å². The molecule has 0 aromatic carbocycles. The summed E-state index contributed by atoms with van der Waals surface area (Å²) in [5.41, 5.74) is 0. The maximum Gasteiger partial charge on any atom is 0.472 e. The van der Waals surface area contributed by atoms with Crippen LogP contribution in [0.2, 0.25) is 0 Å². The van der Waals surface area contributed by atoms with Gasteiger partial charge in [0.25, 0.3) is 0 Å². The van der Waals surface area contributed by atoms with Crippen LogP contribution in [0.25, 0.3) is 0 Å². The van der Waals surface area contributed by atoms with Gasteiger partial charge in [-0.2, -0.15) is 0 Å². The summed E-state index contributed by atoms with van der Waals surface area (Å²) in [6.07, 6.45) is -3.53. The first-order chi connectivity index (χ1) is 6.91. The summed E-state index contributed by atoms with van der Waals surface area (Å²) in [6, 6.07) is 0. The number of phosphoric acid groups is 1. The topological polar surface area (TPSA) is 105 Å². The number of hydrogen-bond donors (Lipinski definition) is 3. The highest BCUT2D eigenvalue weighted by Gasteiger charge is 2.45. The summed E-state index contributed by atoms with van der Waals surface area (Å²) in [6.45, 7) is 1.17. The smallest absolute Gasteiger partial charge is 0.394 e. The van der Waals surface area contributed by atoms with E-state index < -0.39 is 38.8 Å². The van der Waals surface area contributed by atoms with Crippen molar-refractivity contribution >= 4 is 7.82 Å². The predicted octanol–water partition coefficient (Wildman–Crippen LogP) is -0.741. The molecule has 1 aliphatic rings. The number of aliphatic hydroxyl groups excluding tert-OH is 2. The van der Waals surface area contributed by atoms with Crippen molar-refractivity contribution in [3.8, 4) is 0 Å². The van der Waals surface area contributed by atoms with E-state index in [1.54, 1.807) is 6.92 Å². The van der Waals surface area contributed by atoms with Gasteiger partial charge in [0.1, 0.15) is 18.3 Å². The largest absolute Gasteiger partial charge is 0.472 e. The molecular weight excluding hydrogens is 227 g/mol. The van der Waals surface area contributed by atoms with E-state index in [4.69, 9.17) is 14.7 Å². The zero-order valence-electron chi connectivity index (χ0n) is 8.44. The molecule has 2 unspecified atom stereocenters. The average molecular weight is 242 g/mol. The van der Waals surface area contributed by atoms with Crippen molar-refractivity contribution in [3.05, 3.63) is 0 Å². The van der Waals surface area contributed by atoms with Gasteiger partial charge < -0.3 is 19.8 Å². The summed E-state index contributed by atoms with van der Waals surface area (Å²) in [5, 5.41) is 18.5. The average Bonchev–Trinajstić information content (AvgIpc) is 2.45. The van der Waals surface area contributed by atoms with E-state index in [2.05, 4.69) is 9.05 Å². The maximum atomic E-state index is 11.1. The molecule has 0 aromatic heterocycles. The van der Waals surface area contributed by atoms with Crippen molar-refractivity contribution < 1.29 is 33.5 Å². The van der Waals surface area contributed by atoms with E-state index in [1.165, 1.54) is 0 Å². The molecule has 1 heterocycles. The van der Waals surface area contributed by atoms with Gasteiger partial charge in [-0.15, -0.1) is 0 Å². The lowest BCUT2D eigenvalue weighted by molar-refractivity contribution is -0.0181. The second-order valence-electron chi connectivity index (χ2n) is 3.27. The van der Waals surface area contributed by atoms with Crippen molar-refractivity contribution in [2.75, 3.05) is 13.7 Å². The molecule has 90 valence electrons. The van der Waals surface area contributed by atoms with Crippen molar-refractivity contribution in [2.45, 2.75) is 31.3 Å². The maximum absolute atomic E-state index is 11.1. The first-order valence-electron chi connectivity index (χ1n) is 4.42. The SMILES string of the molecule is COP(=O)(O)OC1[C@@H](CO)O[C@@H](C)[C@H]1O. The summed E-state index contributed by atoms with van der Waals surface area (Å²) in [7, 11) is -3.17. The van der Waals surface area contributed by atoms with Crippen LogP contribution in [0.4, 0.5) is 0 Å². The molecule has 8 heteroatoms. The van der Waals surface area contributed by atoms with Crippen molar-refractivity contribution in [2.24, 2.45) is 0 Å². The molecule has 0 saturated carbocycles. The van der Waals surface area contributed by atoms with Gasteiger partial charge in [-0.25, -0.2) is 4.57 Å². The van der Waals surface area contributed by atoms with Crippen LogP contribution in [0, 0.1) is 0 Å². The molecule has 0 radical (unpaired) electrons. The second kappa shape index (κ2) is 4.88. The third kappa shape index (κ3) is 2.98. The fraction of sp³-hybridized carbons (Fsp3) is 1.00. The fourth-order valence-corrected chi connectivity index (χ4v) is 2.05. The highest BCUT2D eigenvalue weighted by molar-refractivity contribution is 7.47. The van der Waals surface area contributed by atoms with E-state index in [1.807, 2.05) is 0 Å². The summed E-state index contributed by atoms with van der Waals surface area (Å²) in [5.74, 6) is 0. The minimum absolute atomic E-state index is 0.407. The monoisotopic (exact) mass is 242 g/mol. The van der Waals surface area contributed by atoms with Crippen LogP contribution in [-0.4, -0.2) is 53.2 Å². The quantitative estimate of drug-likeness (QED) is 0.557. The molecular formula is C7H15O7P. The Labute approximate surface area is 87.2 Å². The molecule has 0 amide bonds. The zero-order valence-corrected chi connectivity index (χ0v) is 9.33. The molecule has 1 rings (SSSR count). The lowest BCUT2D eigenvalue weighted by Crippen LogP contribution is -2.35. The molecule has 15 heavy (non-hydrogen) atoms. The van der Waals surface area contributed by atoms with E-state index in [-0.39, 0.29) is 0 Å². The van der Waals surface area contributed by atoms with E-state index in [0.717, 1.165) is 7.11 Å². The Bertz CT molecular complexity index is 258. The lowest BCUT2D eigenvalue weighted by atomic mass is 10.1. The van der Waals surface area contributed by atoms with Gasteiger partial charge in [0, 0.05) is 7.11 Å². The first kappa shape index (κ1) is 13.1. The predicted molar refractivity (Wildman–Crippen MR) is 49.1 cm³/mol. The summed E-state index contributed by atoms with van der Waals surface area (Å²) in [4.78, 5) is 9.06. The minimum atomic E-state index is -4.19. The molecule has 1 fully saturated rings. The molecule has 1 aliphatic heterocycles. The van der Waals surface area contributed by atoms with Gasteiger partial charge in [-0.3, -0.25) is 9.05 Å². The van der Waals surface area contributed by atoms with E-state index >= 15 is 0 Å². The van der Waals surface area contributed by atoms with Crippen molar-refractivity contribution in [1.82, 2.24) is 0 Å². The normalized spacial score (nSPS) is 40.3. The van der Waals surface area contributed by atoms with Gasteiger partial charge in [0.05, 0.1) is 12.7 Å². The number of aliphatic hydroxyl groups is 2. The minimum Gasteiger partial charge on any atom is -0.394 e. The van der Waals surface area contributed by atoms with E-state index in [9.17, 15) is 9.67 Å². The molecule has 5 atom stereocenters. The van der Waals surface area contributed by atoms with E-state index in [0.29, 0.717) is 0 Å². The Morgan fingerprint density at radius 2 is 2.13 bits per heavy atom. The van der Waals surface area contributed by atoms with Crippen molar-refractivity contribution in [3.63, 3.8) is 0 Å². The van der Waals surface area contributed by atoms with Crippen LogP contribution in [0.15, 0.2) is 0 Å². The summed E-state index contributed by atoms with van der Waals surface area (Å²) < 4.78 is 25.1. The standard InChI is InChI=1S/C7H15O7P/c1-4-6(9)7(5(3-8)13-4)14-15(10,11)12-2/h4-9H,3H2,1-2H3,(H,10,11)/t4-,5+,6+,7?/m0/s1. The molecule has 0 bridgehead atoms. The Morgan fingerprint density at radius 1 is 1.53 bits per heavy atom. The van der Waals surface area contributed by atoms with Crippen LogP contribution in [-0.2, 0) is 18.3 Å². The van der Waals surface area contributed by atoms with Gasteiger partial charge >= 0.3 is 7.82 Å². The third-order valence-corrected chi connectivity index (χ3v) is 3.21. The molecule has 0 spiro atoms.